The third-order valence-corrected chi connectivity index (χ3v) is 4.44. The van der Waals surface area contributed by atoms with Crippen molar-refractivity contribution in [2.45, 2.75) is 52.1 Å². The summed E-state index contributed by atoms with van der Waals surface area (Å²) >= 11 is 5.33. The third kappa shape index (κ3) is 4.25. The number of hydrogen-bond donors (Lipinski definition) is 1. The second-order valence-electron chi connectivity index (χ2n) is 3.92. The summed E-state index contributed by atoms with van der Waals surface area (Å²) in [6.45, 7) is 6.75. The molecule has 1 rings (SSSR count). The molecular weight excluding hydrogens is 270 g/mol. The van der Waals surface area contributed by atoms with Crippen LogP contribution in [0.15, 0.2) is 15.9 Å². The molecule has 2 atom stereocenters. The van der Waals surface area contributed by atoms with E-state index in [9.17, 15) is 0 Å². The highest BCUT2D eigenvalue weighted by Crippen LogP contribution is 2.27. The van der Waals surface area contributed by atoms with E-state index < -0.39 is 0 Å². The van der Waals surface area contributed by atoms with E-state index in [1.165, 1.54) is 27.9 Å². The molecule has 1 heterocycles. The molecule has 15 heavy (non-hydrogen) atoms. The normalized spacial score (nSPS) is 15.2. The quantitative estimate of drug-likeness (QED) is 0.798. The average Bonchev–Trinajstić information content (AvgIpc) is 2.64. The van der Waals surface area contributed by atoms with Crippen molar-refractivity contribution in [2.24, 2.45) is 0 Å². The van der Waals surface area contributed by atoms with Gasteiger partial charge in [0, 0.05) is 17.0 Å². The van der Waals surface area contributed by atoms with Crippen LogP contribution in [-0.2, 0) is 0 Å². The lowest BCUT2D eigenvalue weighted by Crippen LogP contribution is -2.30. The molecule has 2 unspecified atom stereocenters. The van der Waals surface area contributed by atoms with E-state index >= 15 is 0 Å². The Morgan fingerprint density at radius 2 is 2.13 bits per heavy atom. The minimum absolute atomic E-state index is 0.470. The topological polar surface area (TPSA) is 12.0 Å². The molecule has 0 fully saturated rings. The molecule has 0 aliphatic carbocycles. The van der Waals surface area contributed by atoms with Gasteiger partial charge in [0.15, 0.2) is 0 Å². The van der Waals surface area contributed by atoms with E-state index in [1.807, 2.05) is 11.3 Å². The molecule has 1 nitrogen and oxygen atoms in total. The molecule has 0 spiro atoms. The molecule has 86 valence electrons. The van der Waals surface area contributed by atoms with Crippen LogP contribution in [0.2, 0.25) is 0 Å². The van der Waals surface area contributed by atoms with Gasteiger partial charge >= 0.3 is 0 Å². The van der Waals surface area contributed by atoms with Crippen molar-refractivity contribution < 1.29 is 0 Å². The highest BCUT2D eigenvalue weighted by atomic mass is 79.9. The summed E-state index contributed by atoms with van der Waals surface area (Å²) in [5, 5.41) is 3.69. The highest BCUT2D eigenvalue weighted by molar-refractivity contribution is 9.11. The van der Waals surface area contributed by atoms with Crippen molar-refractivity contribution >= 4 is 27.3 Å². The fourth-order valence-corrected chi connectivity index (χ4v) is 3.19. The van der Waals surface area contributed by atoms with Crippen molar-refractivity contribution in [1.82, 2.24) is 5.32 Å². The van der Waals surface area contributed by atoms with Gasteiger partial charge in [0.2, 0.25) is 0 Å². The van der Waals surface area contributed by atoms with Gasteiger partial charge < -0.3 is 5.32 Å². The highest BCUT2D eigenvalue weighted by Gasteiger charge is 2.12. The first-order valence-electron chi connectivity index (χ1n) is 5.68. The molecule has 1 N–H and O–H groups in total. The summed E-state index contributed by atoms with van der Waals surface area (Å²) in [4.78, 5) is 1.41. The van der Waals surface area contributed by atoms with E-state index in [-0.39, 0.29) is 0 Å². The van der Waals surface area contributed by atoms with E-state index in [0.717, 1.165) is 0 Å². The number of rotatable bonds is 6. The Morgan fingerprint density at radius 3 is 2.60 bits per heavy atom. The Balaban J connectivity index is 2.50. The molecule has 1 aromatic rings. The molecule has 0 aliphatic heterocycles. The molecule has 1 aromatic heterocycles. The molecule has 0 radical (unpaired) electrons. The Kier molecular flexibility index (Phi) is 5.87. The maximum absolute atomic E-state index is 3.69. The second kappa shape index (κ2) is 6.66. The maximum Gasteiger partial charge on any atom is 0.0701 e. The Bertz CT molecular complexity index is 285. The van der Waals surface area contributed by atoms with Gasteiger partial charge in [0.05, 0.1) is 3.79 Å². The first-order valence-corrected chi connectivity index (χ1v) is 7.29. The maximum atomic E-state index is 3.69. The van der Waals surface area contributed by atoms with Gasteiger partial charge in [-0.25, -0.2) is 0 Å². The average molecular weight is 290 g/mol. The number of halogens is 1. The number of thiophene rings is 1. The van der Waals surface area contributed by atoms with Crippen LogP contribution in [0.1, 0.15) is 51.0 Å². The summed E-state index contributed by atoms with van der Waals surface area (Å²) in [7, 11) is 0. The van der Waals surface area contributed by atoms with Crippen LogP contribution in [0.5, 0.6) is 0 Å². The van der Waals surface area contributed by atoms with E-state index in [2.05, 4.69) is 54.2 Å². The fraction of sp³-hybridized carbons (Fsp3) is 0.667. The summed E-state index contributed by atoms with van der Waals surface area (Å²) in [5.41, 5.74) is 0. The molecule has 0 saturated heterocycles. The van der Waals surface area contributed by atoms with Crippen molar-refractivity contribution in [3.05, 3.63) is 20.8 Å². The summed E-state index contributed by atoms with van der Waals surface area (Å²) in [5.74, 6) is 0. The first kappa shape index (κ1) is 13.2. The Labute approximate surface area is 105 Å². The Morgan fingerprint density at radius 1 is 1.40 bits per heavy atom. The van der Waals surface area contributed by atoms with Crippen LogP contribution in [-0.4, -0.2) is 6.04 Å². The van der Waals surface area contributed by atoms with Gasteiger partial charge in [-0.05, 0) is 47.8 Å². The summed E-state index contributed by atoms with van der Waals surface area (Å²) in [6.07, 6.45) is 3.74. The van der Waals surface area contributed by atoms with Crippen LogP contribution in [0, 0.1) is 0 Å². The van der Waals surface area contributed by atoms with E-state index in [1.54, 1.807) is 0 Å². The van der Waals surface area contributed by atoms with Gasteiger partial charge in [0.25, 0.3) is 0 Å². The van der Waals surface area contributed by atoms with Gasteiger partial charge in [-0.15, -0.1) is 11.3 Å². The van der Waals surface area contributed by atoms with Crippen LogP contribution in [0.25, 0.3) is 0 Å². The predicted molar refractivity (Wildman–Crippen MR) is 72.6 cm³/mol. The van der Waals surface area contributed by atoms with Gasteiger partial charge in [-0.3, -0.25) is 0 Å². The van der Waals surface area contributed by atoms with Gasteiger partial charge in [0.1, 0.15) is 0 Å². The molecule has 0 saturated carbocycles. The third-order valence-electron chi connectivity index (χ3n) is 2.64. The van der Waals surface area contributed by atoms with Gasteiger partial charge in [-0.1, -0.05) is 20.3 Å². The standard InChI is InChI=1S/C12H20BrNS/c1-4-6-10(5-2)14-9(3)11-7-8-12(13)15-11/h7-10,14H,4-6H2,1-3H3. The van der Waals surface area contributed by atoms with Crippen molar-refractivity contribution in [2.75, 3.05) is 0 Å². The minimum atomic E-state index is 0.470. The molecule has 0 amide bonds. The number of hydrogen-bond acceptors (Lipinski definition) is 2. The van der Waals surface area contributed by atoms with Crippen LogP contribution in [0.4, 0.5) is 0 Å². The molecule has 0 aromatic carbocycles. The van der Waals surface area contributed by atoms with Crippen LogP contribution in [0.3, 0.4) is 0 Å². The molecule has 3 heteroatoms. The monoisotopic (exact) mass is 289 g/mol. The fourth-order valence-electron chi connectivity index (χ4n) is 1.75. The van der Waals surface area contributed by atoms with Crippen molar-refractivity contribution in [3.63, 3.8) is 0 Å². The lowest BCUT2D eigenvalue weighted by molar-refractivity contribution is 0.420. The van der Waals surface area contributed by atoms with Crippen LogP contribution < -0.4 is 5.32 Å². The van der Waals surface area contributed by atoms with Crippen LogP contribution >= 0.6 is 27.3 Å². The minimum Gasteiger partial charge on any atom is -0.307 e. The molecule has 0 aliphatic rings. The lowest BCUT2D eigenvalue weighted by atomic mass is 10.1. The zero-order chi connectivity index (χ0) is 11.3. The number of nitrogens with one attached hydrogen (secondary N) is 1. The summed E-state index contributed by atoms with van der Waals surface area (Å²) < 4.78 is 1.22. The van der Waals surface area contributed by atoms with Crippen molar-refractivity contribution in [1.29, 1.82) is 0 Å². The Hall–Kier alpha value is 0.140. The smallest absolute Gasteiger partial charge is 0.0701 e. The lowest BCUT2D eigenvalue weighted by Gasteiger charge is -2.21. The van der Waals surface area contributed by atoms with Gasteiger partial charge in [-0.2, -0.15) is 0 Å². The predicted octanol–water partition coefficient (Wildman–Crippen LogP) is 4.74. The molecule has 0 bridgehead atoms. The van der Waals surface area contributed by atoms with E-state index in [0.29, 0.717) is 12.1 Å². The zero-order valence-corrected chi connectivity index (χ0v) is 12.1. The van der Waals surface area contributed by atoms with Crippen molar-refractivity contribution in [3.8, 4) is 0 Å². The summed E-state index contributed by atoms with van der Waals surface area (Å²) in [6, 6.07) is 5.45. The second-order valence-corrected chi connectivity index (χ2v) is 6.42. The zero-order valence-electron chi connectivity index (χ0n) is 9.72. The molecular formula is C12H20BrNS. The largest absolute Gasteiger partial charge is 0.307 e. The van der Waals surface area contributed by atoms with E-state index in [4.69, 9.17) is 0 Å². The first-order chi connectivity index (χ1) is 7.17. The SMILES string of the molecule is CCCC(CC)NC(C)c1ccc(Br)s1.